The van der Waals surface area contributed by atoms with Gasteiger partial charge in [-0.25, -0.2) is 0 Å². The number of nitrogens with zero attached hydrogens (tertiary/aromatic N) is 2. The molecule has 0 aliphatic carbocycles. The first-order valence-electron chi connectivity index (χ1n) is 13.0. The van der Waals surface area contributed by atoms with E-state index in [1.54, 1.807) is 40.6 Å². The average Bonchev–Trinajstić information content (AvgIpc) is 2.92. The zero-order chi connectivity index (χ0) is 29.2. The zero-order valence-corrected chi connectivity index (χ0v) is 24.4. The molecule has 1 N–H and O–H groups in total. The van der Waals surface area contributed by atoms with Crippen LogP contribution in [0.3, 0.4) is 0 Å². The summed E-state index contributed by atoms with van der Waals surface area (Å²) in [5.74, 6) is 2.24. The molecule has 0 aromatic heterocycles. The van der Waals surface area contributed by atoms with Gasteiger partial charge in [-0.3, -0.25) is 4.79 Å². The molecule has 0 bridgehead atoms. The van der Waals surface area contributed by atoms with Gasteiger partial charge in [0.1, 0.15) is 0 Å². The van der Waals surface area contributed by atoms with Gasteiger partial charge in [-0.05, 0) is 79.8 Å². The molecule has 39 heavy (non-hydrogen) atoms. The van der Waals surface area contributed by atoms with E-state index in [2.05, 4.69) is 6.07 Å². The number of carbonyl (C=O) groups excluding carboxylic acids is 1. The molecule has 0 spiro atoms. The van der Waals surface area contributed by atoms with Gasteiger partial charge in [-0.15, -0.1) is 0 Å². The largest absolute Gasteiger partial charge is 0.493 e. The van der Waals surface area contributed by atoms with Crippen molar-refractivity contribution in [3.63, 3.8) is 0 Å². The van der Waals surface area contributed by atoms with Crippen molar-refractivity contribution < 1.29 is 28.8 Å². The van der Waals surface area contributed by atoms with E-state index < -0.39 is 11.5 Å². The number of likely N-dealkylation sites (N-methyl/N-ethyl adjacent to an activating group) is 1. The maximum Gasteiger partial charge on any atom is 0.161 e. The Bertz CT molecular complexity index is 1190. The highest BCUT2D eigenvalue weighted by Gasteiger charge is 2.39. The number of benzene rings is 2. The summed E-state index contributed by atoms with van der Waals surface area (Å²) >= 11 is 0. The first-order valence-corrected chi connectivity index (χ1v) is 13.0. The molecule has 2 rings (SSSR count). The van der Waals surface area contributed by atoms with Gasteiger partial charge >= 0.3 is 0 Å². The van der Waals surface area contributed by atoms with E-state index in [1.807, 2.05) is 50.1 Å². The van der Waals surface area contributed by atoms with Crippen LogP contribution in [-0.2, 0) is 16.6 Å². The maximum absolute atomic E-state index is 11.5. The number of methoxy groups -OCH3 is 4. The highest BCUT2D eigenvalue weighted by Crippen LogP contribution is 2.40. The quantitative estimate of drug-likeness (QED) is 0.327. The number of ketones is 1. The van der Waals surface area contributed by atoms with Crippen LogP contribution in [0.2, 0.25) is 0 Å². The Kier molecular flexibility index (Phi) is 11.8. The fourth-order valence-corrected chi connectivity index (χ4v) is 4.75. The molecule has 0 aliphatic heterocycles. The molecule has 0 saturated carbocycles. The summed E-state index contributed by atoms with van der Waals surface area (Å²) < 4.78 is 21.7. The van der Waals surface area contributed by atoms with Gasteiger partial charge in [0.2, 0.25) is 0 Å². The summed E-state index contributed by atoms with van der Waals surface area (Å²) in [7, 11) is 8.24. The molecular formula is C31H42N2O6. The lowest BCUT2D eigenvalue weighted by atomic mass is 9.69. The molecule has 212 valence electrons. The molecule has 0 radical (unpaired) electrons. The number of carbonyl (C=O) groups is 1. The summed E-state index contributed by atoms with van der Waals surface area (Å²) in [4.78, 5) is 13.6. The third kappa shape index (κ3) is 7.98. The monoisotopic (exact) mass is 538 g/mol. The van der Waals surface area contributed by atoms with Crippen molar-refractivity contribution in [2.24, 2.45) is 5.92 Å². The second-order valence-corrected chi connectivity index (χ2v) is 10.0. The lowest BCUT2D eigenvalue weighted by Gasteiger charge is -2.34. The van der Waals surface area contributed by atoms with E-state index in [0.717, 1.165) is 16.7 Å². The van der Waals surface area contributed by atoms with Crippen LogP contribution in [0.5, 0.6) is 23.0 Å². The van der Waals surface area contributed by atoms with Crippen molar-refractivity contribution in [2.75, 3.05) is 48.6 Å². The van der Waals surface area contributed by atoms with Crippen LogP contribution in [-0.4, -0.2) is 70.5 Å². The molecule has 2 atom stereocenters. The second-order valence-electron chi connectivity index (χ2n) is 10.0. The van der Waals surface area contributed by atoms with E-state index in [4.69, 9.17) is 18.9 Å². The van der Waals surface area contributed by atoms with Crippen LogP contribution in [0, 0.1) is 17.2 Å². The number of nitriles is 1. The van der Waals surface area contributed by atoms with E-state index >= 15 is 0 Å². The molecule has 0 aliphatic rings. The van der Waals surface area contributed by atoms with E-state index in [9.17, 15) is 15.2 Å². The Hall–Kier alpha value is -3.54. The minimum atomic E-state index is -0.909. The van der Waals surface area contributed by atoms with Crippen LogP contribution >= 0.6 is 0 Å². The SMILES string of the molecule is COc1ccc(C(C#N)(CC(O)CN(C)CCc2cc(OC)c(OC)cc2C=CC(C)=O)C(C)C)cc1OC. The van der Waals surface area contributed by atoms with Crippen molar-refractivity contribution in [3.05, 3.63) is 53.1 Å². The molecule has 0 amide bonds. The Labute approximate surface area is 232 Å². The summed E-state index contributed by atoms with van der Waals surface area (Å²) in [6, 6.07) is 11.8. The Balaban J connectivity index is 2.21. The number of hydrogen-bond donors (Lipinski definition) is 1. The predicted molar refractivity (Wildman–Crippen MR) is 153 cm³/mol. The lowest BCUT2D eigenvalue weighted by molar-refractivity contribution is -0.112. The Morgan fingerprint density at radius 3 is 2.15 bits per heavy atom. The first kappa shape index (κ1) is 31.7. The minimum absolute atomic E-state index is 0.0448. The first-order chi connectivity index (χ1) is 18.5. The molecule has 0 heterocycles. The van der Waals surface area contributed by atoms with Crippen molar-refractivity contribution >= 4 is 11.9 Å². The van der Waals surface area contributed by atoms with Gasteiger partial charge in [-0.1, -0.05) is 26.0 Å². The number of allylic oxidation sites excluding steroid dienone is 1. The highest BCUT2D eigenvalue weighted by atomic mass is 16.5. The smallest absolute Gasteiger partial charge is 0.161 e. The van der Waals surface area contributed by atoms with E-state index in [0.29, 0.717) is 42.5 Å². The van der Waals surface area contributed by atoms with Gasteiger partial charge in [0.05, 0.1) is 46.0 Å². The molecule has 2 unspecified atom stereocenters. The summed E-state index contributed by atoms with van der Waals surface area (Å²) in [5, 5.41) is 21.5. The van der Waals surface area contributed by atoms with Crippen LogP contribution in [0.1, 0.15) is 43.9 Å². The van der Waals surface area contributed by atoms with Gasteiger partial charge in [0.15, 0.2) is 28.8 Å². The van der Waals surface area contributed by atoms with Crippen LogP contribution in [0.4, 0.5) is 0 Å². The third-order valence-corrected chi connectivity index (χ3v) is 7.07. The normalized spacial score (nSPS) is 13.7. The molecular weight excluding hydrogens is 496 g/mol. The van der Waals surface area contributed by atoms with E-state index in [-0.39, 0.29) is 18.1 Å². The van der Waals surface area contributed by atoms with Crippen molar-refractivity contribution in [2.45, 2.75) is 45.1 Å². The third-order valence-electron chi connectivity index (χ3n) is 7.07. The molecule has 0 saturated heterocycles. The molecule has 2 aromatic rings. The molecule has 8 heteroatoms. The Morgan fingerprint density at radius 2 is 1.62 bits per heavy atom. The van der Waals surface area contributed by atoms with Crippen molar-refractivity contribution in [1.82, 2.24) is 4.90 Å². The topological polar surface area (TPSA) is 101 Å². The maximum atomic E-state index is 11.5. The number of aliphatic hydroxyl groups excluding tert-OH is 1. The Morgan fingerprint density at radius 1 is 1.03 bits per heavy atom. The number of hydrogen-bond acceptors (Lipinski definition) is 8. The number of ether oxygens (including phenoxy) is 4. The average molecular weight is 539 g/mol. The van der Waals surface area contributed by atoms with Gasteiger partial charge in [-0.2, -0.15) is 5.26 Å². The summed E-state index contributed by atoms with van der Waals surface area (Å²) in [6.07, 6.45) is 3.49. The van der Waals surface area contributed by atoms with E-state index in [1.165, 1.54) is 13.0 Å². The van der Waals surface area contributed by atoms with Gasteiger partial charge in [0.25, 0.3) is 0 Å². The van der Waals surface area contributed by atoms with Crippen LogP contribution in [0.25, 0.3) is 6.08 Å². The zero-order valence-electron chi connectivity index (χ0n) is 24.4. The molecule has 2 aromatic carbocycles. The standard InChI is InChI=1S/C31H42N2O6/c1-21(2)31(20-32,25-11-12-27(36-5)30(17-25)39-8)18-26(35)19-33(4)14-13-24-16-29(38-7)28(37-6)15-23(24)10-9-22(3)34/h9-12,15-17,21,26,35H,13-14,18-19H2,1-8H3. The molecule has 8 nitrogen and oxygen atoms in total. The lowest BCUT2D eigenvalue weighted by Crippen LogP contribution is -2.39. The van der Waals surface area contributed by atoms with Gasteiger partial charge in [0, 0.05) is 13.1 Å². The fourth-order valence-electron chi connectivity index (χ4n) is 4.75. The highest BCUT2D eigenvalue weighted by molar-refractivity contribution is 5.91. The van der Waals surface area contributed by atoms with Crippen molar-refractivity contribution in [1.29, 1.82) is 5.26 Å². The fraction of sp³-hybridized carbons (Fsp3) is 0.484. The molecule has 0 fully saturated rings. The second kappa shape index (κ2) is 14.6. The van der Waals surface area contributed by atoms with Crippen LogP contribution < -0.4 is 18.9 Å². The summed E-state index contributed by atoms with van der Waals surface area (Å²) in [5.41, 5.74) is 1.74. The summed E-state index contributed by atoms with van der Waals surface area (Å²) in [6.45, 7) is 6.51. The van der Waals surface area contributed by atoms with Crippen molar-refractivity contribution in [3.8, 4) is 29.1 Å². The van der Waals surface area contributed by atoms with Crippen LogP contribution in [0.15, 0.2) is 36.4 Å². The van der Waals surface area contributed by atoms with Gasteiger partial charge < -0.3 is 29.0 Å². The minimum Gasteiger partial charge on any atom is -0.493 e. The number of rotatable bonds is 15. The predicted octanol–water partition coefficient (Wildman–Crippen LogP) is 4.67. The number of aliphatic hydroxyl groups is 1.